The summed E-state index contributed by atoms with van der Waals surface area (Å²) in [5.74, 6) is 0.665. The molecule has 116 valence electrons. The summed E-state index contributed by atoms with van der Waals surface area (Å²) in [5, 5.41) is 0. The van der Waals surface area contributed by atoms with Crippen LogP contribution in [-0.4, -0.2) is 11.0 Å². The maximum absolute atomic E-state index is 9.99. The van der Waals surface area contributed by atoms with Crippen LogP contribution in [0.25, 0.3) is 0 Å². The molecule has 1 aromatic carbocycles. The van der Waals surface area contributed by atoms with Crippen molar-refractivity contribution >= 4 is 8.60 Å². The number of benzene rings is 1. The van der Waals surface area contributed by atoms with Crippen LogP contribution in [0.5, 0.6) is 5.75 Å². The Morgan fingerprint density at radius 3 is 2.67 bits per heavy atom. The number of hydrogen-bond acceptors (Lipinski definition) is 3. The zero-order chi connectivity index (χ0) is 15.8. The number of aryl methyl sites for hydroxylation is 2. The van der Waals surface area contributed by atoms with E-state index in [-0.39, 0.29) is 6.10 Å². The Balaban J connectivity index is 2.62. The van der Waals surface area contributed by atoms with E-state index in [0.717, 1.165) is 17.6 Å². The van der Waals surface area contributed by atoms with Gasteiger partial charge in [0.05, 0.1) is 6.10 Å². The van der Waals surface area contributed by atoms with Gasteiger partial charge in [0, 0.05) is 0 Å². The van der Waals surface area contributed by atoms with Crippen LogP contribution < -0.4 is 4.52 Å². The van der Waals surface area contributed by atoms with Crippen LogP contribution in [0, 0.1) is 13.8 Å². The van der Waals surface area contributed by atoms with Crippen molar-refractivity contribution in [3.63, 3.8) is 0 Å². The first kappa shape index (κ1) is 17.9. The fraction of sp³-hybridized carbons (Fsp3) is 0.412. The molecule has 21 heavy (non-hydrogen) atoms. The van der Waals surface area contributed by atoms with Gasteiger partial charge in [-0.25, -0.2) is 0 Å². The summed E-state index contributed by atoms with van der Waals surface area (Å²) < 4.78 is 11.1. The van der Waals surface area contributed by atoms with Gasteiger partial charge >= 0.3 is 8.60 Å². The fourth-order valence-corrected chi connectivity index (χ4v) is 2.59. The van der Waals surface area contributed by atoms with E-state index in [9.17, 15) is 4.89 Å². The monoisotopic (exact) mass is 308 g/mol. The first-order chi connectivity index (χ1) is 9.96. The third kappa shape index (κ3) is 6.43. The summed E-state index contributed by atoms with van der Waals surface area (Å²) in [4.78, 5) is 9.99. The minimum Gasteiger partial charge on any atom is -0.427 e. The van der Waals surface area contributed by atoms with Crippen molar-refractivity contribution in [2.24, 2.45) is 0 Å². The quantitative estimate of drug-likeness (QED) is 0.554. The lowest BCUT2D eigenvalue weighted by Gasteiger charge is -2.17. The van der Waals surface area contributed by atoms with Crippen molar-refractivity contribution in [2.45, 2.75) is 47.1 Å². The Morgan fingerprint density at radius 2 is 2.10 bits per heavy atom. The van der Waals surface area contributed by atoms with E-state index in [4.69, 9.17) is 9.05 Å². The molecule has 4 heteroatoms. The van der Waals surface area contributed by atoms with Gasteiger partial charge in [0.25, 0.3) is 0 Å². The minimum absolute atomic E-state index is 0.151. The minimum atomic E-state index is -1.93. The van der Waals surface area contributed by atoms with E-state index >= 15 is 0 Å². The van der Waals surface area contributed by atoms with E-state index in [2.05, 4.69) is 0 Å². The zero-order valence-corrected chi connectivity index (χ0v) is 14.4. The third-order valence-electron chi connectivity index (χ3n) is 3.16. The lowest BCUT2D eigenvalue weighted by molar-refractivity contribution is 0.208. The lowest BCUT2D eigenvalue weighted by atomic mass is 10.1. The molecule has 1 rings (SSSR count). The van der Waals surface area contributed by atoms with Gasteiger partial charge in [-0.15, -0.1) is 0 Å². The van der Waals surface area contributed by atoms with Crippen LogP contribution in [0.3, 0.4) is 0 Å². The highest BCUT2D eigenvalue weighted by molar-refractivity contribution is 7.41. The molecule has 0 aromatic heterocycles. The van der Waals surface area contributed by atoms with E-state index in [1.807, 2.05) is 71.0 Å². The molecule has 0 aliphatic rings. The molecule has 0 heterocycles. The summed E-state index contributed by atoms with van der Waals surface area (Å²) in [5.41, 5.74) is 3.32. The van der Waals surface area contributed by atoms with E-state index in [1.165, 1.54) is 5.56 Å². The molecule has 2 unspecified atom stereocenters. The number of hydrogen-bond donors (Lipinski definition) is 1. The second-order valence-electron chi connectivity index (χ2n) is 5.04. The van der Waals surface area contributed by atoms with Crippen molar-refractivity contribution in [1.82, 2.24) is 0 Å². The van der Waals surface area contributed by atoms with E-state index < -0.39 is 8.60 Å². The van der Waals surface area contributed by atoms with E-state index in [0.29, 0.717) is 5.75 Å². The Morgan fingerprint density at radius 1 is 1.38 bits per heavy atom. The highest BCUT2D eigenvalue weighted by atomic mass is 31.2. The maximum Gasteiger partial charge on any atom is 0.395 e. The van der Waals surface area contributed by atoms with Crippen LogP contribution in [0.4, 0.5) is 0 Å². The summed E-state index contributed by atoms with van der Waals surface area (Å²) in [7, 11) is -1.93. The average molecular weight is 308 g/mol. The normalized spacial score (nSPS) is 15.2. The molecule has 3 nitrogen and oxygen atoms in total. The Kier molecular flexibility index (Phi) is 7.66. The molecule has 0 bridgehead atoms. The van der Waals surface area contributed by atoms with Crippen molar-refractivity contribution in [3.05, 3.63) is 53.1 Å². The average Bonchev–Trinajstić information content (AvgIpc) is 2.46. The summed E-state index contributed by atoms with van der Waals surface area (Å²) in [6.45, 7) is 10.0. The predicted molar refractivity (Wildman–Crippen MR) is 89.4 cm³/mol. The second kappa shape index (κ2) is 8.99. The van der Waals surface area contributed by atoms with Gasteiger partial charge in [-0.1, -0.05) is 48.4 Å². The highest BCUT2D eigenvalue weighted by Crippen LogP contribution is 2.38. The van der Waals surface area contributed by atoms with Gasteiger partial charge < -0.3 is 9.42 Å². The fourth-order valence-electron chi connectivity index (χ4n) is 1.72. The Bertz CT molecular complexity index is 509. The largest absolute Gasteiger partial charge is 0.427 e. The molecule has 0 spiro atoms. The smallest absolute Gasteiger partial charge is 0.395 e. The molecule has 0 fully saturated rings. The molecular weight excluding hydrogens is 283 g/mol. The second-order valence-corrected chi connectivity index (χ2v) is 5.91. The van der Waals surface area contributed by atoms with Crippen LogP contribution in [0.15, 0.2) is 42.0 Å². The van der Waals surface area contributed by atoms with Gasteiger partial charge in [0.1, 0.15) is 5.75 Å². The summed E-state index contributed by atoms with van der Waals surface area (Å²) in [6, 6.07) is 5.84. The predicted octanol–water partition coefficient (Wildman–Crippen LogP) is 5.22. The summed E-state index contributed by atoms with van der Waals surface area (Å²) >= 11 is 0. The van der Waals surface area contributed by atoms with Crippen LogP contribution >= 0.6 is 8.60 Å². The lowest BCUT2D eigenvalue weighted by Crippen LogP contribution is -2.07. The van der Waals surface area contributed by atoms with Gasteiger partial charge in [-0.05, 0) is 45.7 Å². The molecule has 0 aliphatic heterocycles. The topological polar surface area (TPSA) is 38.7 Å². The third-order valence-corrected chi connectivity index (χ3v) is 3.97. The van der Waals surface area contributed by atoms with E-state index in [1.54, 1.807) is 0 Å². The van der Waals surface area contributed by atoms with Crippen molar-refractivity contribution in [3.8, 4) is 5.75 Å². The van der Waals surface area contributed by atoms with Crippen LogP contribution in [0.2, 0.25) is 0 Å². The molecular formula is C17H25O3P. The molecule has 1 N–H and O–H groups in total. The molecule has 0 amide bonds. The zero-order valence-electron chi connectivity index (χ0n) is 13.5. The first-order valence-corrected chi connectivity index (χ1v) is 8.31. The SMILES string of the molecule is C/C=C(C)\C=C/C(CC)OP(O)Oc1ccc(C)cc1C. The maximum atomic E-state index is 9.99. The molecule has 1 aromatic rings. The number of rotatable bonds is 7. The molecule has 2 atom stereocenters. The molecule has 0 saturated heterocycles. The van der Waals surface area contributed by atoms with Crippen molar-refractivity contribution < 1.29 is 13.9 Å². The van der Waals surface area contributed by atoms with Crippen molar-refractivity contribution in [1.29, 1.82) is 0 Å². The Hall–Kier alpha value is -1.15. The van der Waals surface area contributed by atoms with Gasteiger partial charge in [-0.2, -0.15) is 0 Å². The van der Waals surface area contributed by atoms with Crippen molar-refractivity contribution in [2.75, 3.05) is 0 Å². The summed E-state index contributed by atoms with van der Waals surface area (Å²) in [6.07, 6.45) is 6.60. The molecule has 0 radical (unpaired) electrons. The van der Waals surface area contributed by atoms with Gasteiger partial charge in [-0.3, -0.25) is 4.52 Å². The molecule has 0 saturated carbocycles. The van der Waals surface area contributed by atoms with Crippen LogP contribution in [-0.2, 0) is 4.52 Å². The number of allylic oxidation sites excluding steroid dienone is 3. The van der Waals surface area contributed by atoms with Crippen LogP contribution in [0.1, 0.15) is 38.3 Å². The molecule has 0 aliphatic carbocycles. The standard InChI is InChI=1S/C17H25O3P/c1-6-13(3)8-10-16(7-2)19-21(18)20-17-11-9-14(4)12-15(17)5/h6,8-12,16,18H,7H2,1-5H3/b10-8-,13-6-. The van der Waals surface area contributed by atoms with Gasteiger partial charge in [0.15, 0.2) is 0 Å². The first-order valence-electron chi connectivity index (χ1n) is 7.18. The highest BCUT2D eigenvalue weighted by Gasteiger charge is 2.15. The Labute approximate surface area is 129 Å². The van der Waals surface area contributed by atoms with Gasteiger partial charge in [0.2, 0.25) is 0 Å².